The number of carbonyl (C=O) groups excluding carboxylic acids is 2. The van der Waals surface area contributed by atoms with E-state index in [1.807, 2.05) is 13.8 Å². The van der Waals surface area contributed by atoms with Gasteiger partial charge in [0.05, 0.1) is 18.7 Å². The van der Waals surface area contributed by atoms with Crippen molar-refractivity contribution in [1.82, 2.24) is 20.4 Å². The summed E-state index contributed by atoms with van der Waals surface area (Å²) in [6.45, 7) is 3.99. The van der Waals surface area contributed by atoms with Crippen LogP contribution in [-0.4, -0.2) is 41.0 Å². The summed E-state index contributed by atoms with van der Waals surface area (Å²) in [5, 5.41) is 9.69. The third-order valence-electron chi connectivity index (χ3n) is 3.36. The van der Waals surface area contributed by atoms with Gasteiger partial charge in [-0.05, 0) is 26.0 Å². The molecule has 0 saturated carbocycles. The van der Waals surface area contributed by atoms with Crippen molar-refractivity contribution in [2.75, 3.05) is 14.1 Å². The second-order valence-corrected chi connectivity index (χ2v) is 5.33. The lowest BCUT2D eigenvalue weighted by atomic mass is 10.1. The Bertz CT molecular complexity index is 665. The topological polar surface area (TPSA) is 91.2 Å². The smallest absolute Gasteiger partial charge is 0.289 e. The molecule has 0 aliphatic heterocycles. The monoisotopic (exact) mass is 304 g/mol. The van der Waals surface area contributed by atoms with Crippen LogP contribution in [0.15, 0.2) is 16.5 Å². The van der Waals surface area contributed by atoms with E-state index in [2.05, 4.69) is 15.5 Å². The van der Waals surface area contributed by atoms with Gasteiger partial charge >= 0.3 is 0 Å². The second kappa shape index (κ2) is 6.46. The maximum Gasteiger partial charge on any atom is 0.289 e. The largest absolute Gasteiger partial charge is 0.454 e. The number of amides is 2. The third-order valence-corrected chi connectivity index (χ3v) is 3.36. The van der Waals surface area contributed by atoms with Crippen molar-refractivity contribution in [2.24, 2.45) is 0 Å². The third kappa shape index (κ3) is 3.55. The van der Waals surface area contributed by atoms with Gasteiger partial charge in [-0.25, -0.2) is 0 Å². The summed E-state index contributed by atoms with van der Waals surface area (Å²) in [5.74, 6) is 0.474. The summed E-state index contributed by atoms with van der Waals surface area (Å²) < 4.78 is 5.42. The van der Waals surface area contributed by atoms with Crippen LogP contribution in [0, 0.1) is 13.8 Å². The molecule has 0 saturated heterocycles. The highest BCUT2D eigenvalue weighted by Crippen LogP contribution is 2.11. The molecule has 0 radical (unpaired) electrons. The standard InChI is InChI=1S/C15H20N4O3/c1-9-12(10(2)18-17-9)7-14(20)16-8-11-5-6-13(22-11)15(21)19(3)4/h5-6H,7-8H2,1-4H3,(H,16,20)(H,17,18). The van der Waals surface area contributed by atoms with Gasteiger partial charge in [0, 0.05) is 25.4 Å². The zero-order chi connectivity index (χ0) is 16.3. The summed E-state index contributed by atoms with van der Waals surface area (Å²) in [4.78, 5) is 25.1. The first-order valence-corrected chi connectivity index (χ1v) is 6.96. The van der Waals surface area contributed by atoms with Crippen LogP contribution in [0.5, 0.6) is 0 Å². The second-order valence-electron chi connectivity index (χ2n) is 5.33. The van der Waals surface area contributed by atoms with Gasteiger partial charge in [-0.1, -0.05) is 0 Å². The molecule has 0 atom stereocenters. The molecule has 0 aliphatic carbocycles. The van der Waals surface area contributed by atoms with Gasteiger partial charge in [0.2, 0.25) is 5.91 Å². The minimum absolute atomic E-state index is 0.121. The van der Waals surface area contributed by atoms with Crippen molar-refractivity contribution < 1.29 is 14.0 Å². The van der Waals surface area contributed by atoms with Gasteiger partial charge in [0.25, 0.3) is 5.91 Å². The normalized spacial score (nSPS) is 10.5. The molecular weight excluding hydrogens is 284 g/mol. The van der Waals surface area contributed by atoms with E-state index in [4.69, 9.17) is 4.42 Å². The number of hydrogen-bond donors (Lipinski definition) is 2. The molecule has 2 heterocycles. The zero-order valence-corrected chi connectivity index (χ0v) is 13.2. The molecule has 0 aromatic carbocycles. The van der Waals surface area contributed by atoms with Crippen LogP contribution in [-0.2, 0) is 17.8 Å². The van der Waals surface area contributed by atoms with Crippen LogP contribution in [0.2, 0.25) is 0 Å². The molecule has 2 amide bonds. The molecule has 0 aliphatic rings. The van der Waals surface area contributed by atoms with Crippen LogP contribution in [0.25, 0.3) is 0 Å². The van der Waals surface area contributed by atoms with Crippen LogP contribution in [0.3, 0.4) is 0 Å². The molecule has 2 aromatic heterocycles. The molecule has 7 heteroatoms. The Morgan fingerprint density at radius 3 is 2.64 bits per heavy atom. The highest BCUT2D eigenvalue weighted by atomic mass is 16.4. The Labute approximate surface area is 128 Å². The molecule has 22 heavy (non-hydrogen) atoms. The number of rotatable bonds is 5. The Balaban J connectivity index is 1.90. The first-order chi connectivity index (χ1) is 10.4. The van der Waals surface area contributed by atoms with Gasteiger partial charge in [-0.3, -0.25) is 14.7 Å². The predicted octanol–water partition coefficient (Wildman–Crippen LogP) is 1.18. The summed E-state index contributed by atoms with van der Waals surface area (Å²) in [7, 11) is 3.31. The zero-order valence-electron chi connectivity index (χ0n) is 13.2. The van der Waals surface area contributed by atoms with E-state index in [0.29, 0.717) is 5.76 Å². The Morgan fingerprint density at radius 2 is 2.05 bits per heavy atom. The number of hydrogen-bond acceptors (Lipinski definition) is 4. The molecule has 0 spiro atoms. The molecular formula is C15H20N4O3. The van der Waals surface area contributed by atoms with Crippen molar-refractivity contribution in [3.8, 4) is 0 Å². The van der Waals surface area contributed by atoms with Gasteiger partial charge in [-0.15, -0.1) is 0 Å². The Morgan fingerprint density at radius 1 is 1.32 bits per heavy atom. The number of H-pyrrole nitrogens is 1. The average Bonchev–Trinajstić information content (AvgIpc) is 3.06. The summed E-state index contributed by atoms with van der Waals surface area (Å²) in [5.41, 5.74) is 2.62. The predicted molar refractivity (Wildman–Crippen MR) is 80.3 cm³/mol. The molecule has 0 unspecified atom stereocenters. The van der Waals surface area contributed by atoms with Crippen molar-refractivity contribution in [2.45, 2.75) is 26.8 Å². The summed E-state index contributed by atoms with van der Waals surface area (Å²) in [6, 6.07) is 3.29. The Hall–Kier alpha value is -2.57. The number of aromatic nitrogens is 2. The van der Waals surface area contributed by atoms with Crippen LogP contribution < -0.4 is 5.32 Å². The van der Waals surface area contributed by atoms with E-state index < -0.39 is 0 Å². The van der Waals surface area contributed by atoms with Crippen LogP contribution >= 0.6 is 0 Å². The quantitative estimate of drug-likeness (QED) is 0.867. The molecule has 2 aromatic rings. The lowest BCUT2D eigenvalue weighted by Crippen LogP contribution is -2.25. The molecule has 0 bridgehead atoms. The minimum Gasteiger partial charge on any atom is -0.454 e. The lowest BCUT2D eigenvalue weighted by Gasteiger charge is -2.07. The van der Waals surface area contributed by atoms with Crippen molar-refractivity contribution in [3.05, 3.63) is 40.6 Å². The fourth-order valence-electron chi connectivity index (χ4n) is 2.05. The van der Waals surface area contributed by atoms with Gasteiger partial charge in [0.1, 0.15) is 5.76 Å². The van der Waals surface area contributed by atoms with Crippen molar-refractivity contribution in [1.29, 1.82) is 0 Å². The number of aryl methyl sites for hydroxylation is 2. The fourth-order valence-corrected chi connectivity index (χ4v) is 2.05. The molecule has 2 rings (SSSR count). The molecule has 7 nitrogen and oxygen atoms in total. The SMILES string of the molecule is Cc1n[nH]c(C)c1CC(=O)NCc1ccc(C(=O)N(C)C)o1. The highest BCUT2D eigenvalue weighted by Gasteiger charge is 2.14. The van der Waals surface area contributed by atoms with E-state index >= 15 is 0 Å². The van der Waals surface area contributed by atoms with E-state index in [-0.39, 0.29) is 30.5 Å². The maximum absolute atomic E-state index is 12.0. The number of nitrogens with zero attached hydrogens (tertiary/aromatic N) is 2. The number of nitrogens with one attached hydrogen (secondary N) is 2. The first-order valence-electron chi connectivity index (χ1n) is 6.96. The fraction of sp³-hybridized carbons (Fsp3) is 0.400. The van der Waals surface area contributed by atoms with Crippen molar-refractivity contribution >= 4 is 11.8 Å². The summed E-state index contributed by atoms with van der Waals surface area (Å²) in [6.07, 6.45) is 0.262. The average molecular weight is 304 g/mol. The van der Waals surface area contributed by atoms with Gasteiger partial charge in [-0.2, -0.15) is 5.10 Å². The van der Waals surface area contributed by atoms with Gasteiger partial charge < -0.3 is 14.6 Å². The number of furan rings is 1. The number of carbonyl (C=O) groups is 2. The lowest BCUT2D eigenvalue weighted by molar-refractivity contribution is -0.120. The van der Waals surface area contributed by atoms with Gasteiger partial charge in [0.15, 0.2) is 5.76 Å². The minimum atomic E-state index is -0.206. The highest BCUT2D eigenvalue weighted by molar-refractivity contribution is 5.91. The number of aromatic amines is 1. The van der Waals surface area contributed by atoms with Crippen LogP contribution in [0.4, 0.5) is 0 Å². The van der Waals surface area contributed by atoms with E-state index in [0.717, 1.165) is 17.0 Å². The van der Waals surface area contributed by atoms with E-state index in [1.54, 1.807) is 26.2 Å². The summed E-state index contributed by atoms with van der Waals surface area (Å²) >= 11 is 0. The maximum atomic E-state index is 12.0. The Kier molecular flexibility index (Phi) is 4.65. The van der Waals surface area contributed by atoms with E-state index in [9.17, 15) is 9.59 Å². The molecule has 2 N–H and O–H groups in total. The van der Waals surface area contributed by atoms with E-state index in [1.165, 1.54) is 4.90 Å². The first kappa shape index (κ1) is 15.8. The van der Waals surface area contributed by atoms with Crippen LogP contribution in [0.1, 0.15) is 33.3 Å². The molecule has 0 fully saturated rings. The van der Waals surface area contributed by atoms with Crippen molar-refractivity contribution in [3.63, 3.8) is 0 Å². The molecule has 118 valence electrons.